The van der Waals surface area contributed by atoms with E-state index >= 15 is 0 Å². The summed E-state index contributed by atoms with van der Waals surface area (Å²) in [5, 5.41) is 9.16. The predicted octanol–water partition coefficient (Wildman–Crippen LogP) is 4.32. The van der Waals surface area contributed by atoms with Crippen molar-refractivity contribution in [2.24, 2.45) is 0 Å². The maximum Gasteiger partial charge on any atom is 0.251 e. The fourth-order valence-corrected chi connectivity index (χ4v) is 5.03. The van der Waals surface area contributed by atoms with E-state index < -0.39 is 0 Å². The summed E-state index contributed by atoms with van der Waals surface area (Å²) in [6.07, 6.45) is 0. The second-order valence-corrected chi connectivity index (χ2v) is 9.29. The van der Waals surface area contributed by atoms with Crippen LogP contribution in [0.25, 0.3) is 0 Å². The van der Waals surface area contributed by atoms with E-state index in [2.05, 4.69) is 35.0 Å². The van der Waals surface area contributed by atoms with E-state index in [4.69, 9.17) is 9.47 Å². The number of aryl methyl sites for hydroxylation is 1. The molecule has 34 heavy (non-hydrogen) atoms. The van der Waals surface area contributed by atoms with Crippen LogP contribution in [0.15, 0.2) is 60.7 Å². The Bertz CT molecular complexity index is 1250. The number of anilines is 2. The second-order valence-electron chi connectivity index (χ2n) is 8.26. The summed E-state index contributed by atoms with van der Waals surface area (Å²) in [6, 6.07) is 18.8. The van der Waals surface area contributed by atoms with Gasteiger partial charge in [0.05, 0.1) is 11.4 Å². The zero-order chi connectivity index (χ0) is 23.5. The molecule has 2 heterocycles. The summed E-state index contributed by atoms with van der Waals surface area (Å²) in [7, 11) is 0. The first-order valence-corrected chi connectivity index (χ1v) is 12.2. The van der Waals surface area contributed by atoms with Crippen LogP contribution in [0.5, 0.6) is 11.5 Å². The minimum atomic E-state index is -0.327. The number of nitrogens with one attached hydrogen (secondary N) is 3. The Hall–Kier alpha value is -3.65. The molecule has 7 nitrogen and oxygen atoms in total. The topological polar surface area (TPSA) is 88.7 Å². The van der Waals surface area contributed by atoms with Crippen LogP contribution < -0.4 is 25.4 Å². The van der Waals surface area contributed by atoms with Gasteiger partial charge in [-0.1, -0.05) is 30.3 Å². The minimum Gasteiger partial charge on any atom is -0.454 e. The Labute approximate surface area is 202 Å². The highest BCUT2D eigenvalue weighted by Crippen LogP contribution is 2.33. The van der Waals surface area contributed by atoms with Gasteiger partial charge in [0.25, 0.3) is 5.91 Å². The molecule has 0 aliphatic carbocycles. The summed E-state index contributed by atoms with van der Waals surface area (Å²) >= 11 is 1.72. The van der Waals surface area contributed by atoms with Crippen molar-refractivity contribution < 1.29 is 19.1 Å². The number of amides is 2. The molecule has 8 heteroatoms. The van der Waals surface area contributed by atoms with Crippen LogP contribution in [0.2, 0.25) is 0 Å². The number of fused-ring (bicyclic) bond motifs is 2. The van der Waals surface area contributed by atoms with Gasteiger partial charge in [-0.25, -0.2) is 0 Å². The van der Waals surface area contributed by atoms with Gasteiger partial charge in [0.2, 0.25) is 12.7 Å². The Morgan fingerprint density at radius 2 is 1.91 bits per heavy atom. The van der Waals surface area contributed by atoms with E-state index in [1.807, 2.05) is 36.4 Å². The third kappa shape index (κ3) is 4.82. The van der Waals surface area contributed by atoms with Crippen LogP contribution in [-0.4, -0.2) is 30.4 Å². The quantitative estimate of drug-likeness (QED) is 0.472. The fraction of sp³-hybridized carbons (Fsp3) is 0.231. The molecule has 5 rings (SSSR count). The molecule has 3 N–H and O–H groups in total. The summed E-state index contributed by atoms with van der Waals surface area (Å²) < 4.78 is 10.7. The van der Waals surface area contributed by atoms with Crippen molar-refractivity contribution in [1.82, 2.24) is 5.32 Å². The van der Waals surface area contributed by atoms with Gasteiger partial charge in [0.1, 0.15) is 6.04 Å². The molecular weight excluding hydrogens is 450 g/mol. The van der Waals surface area contributed by atoms with E-state index in [-0.39, 0.29) is 24.6 Å². The van der Waals surface area contributed by atoms with Crippen molar-refractivity contribution in [1.29, 1.82) is 0 Å². The van der Waals surface area contributed by atoms with E-state index in [1.165, 1.54) is 11.1 Å². The smallest absolute Gasteiger partial charge is 0.251 e. The second kappa shape index (κ2) is 9.69. The molecule has 2 amide bonds. The molecular formula is C26H25N3O4S. The lowest BCUT2D eigenvalue weighted by Gasteiger charge is -2.27. The molecule has 0 fully saturated rings. The summed E-state index contributed by atoms with van der Waals surface area (Å²) in [6.45, 7) is 2.67. The van der Waals surface area contributed by atoms with Crippen molar-refractivity contribution in [3.8, 4) is 11.5 Å². The Morgan fingerprint density at radius 3 is 2.79 bits per heavy atom. The van der Waals surface area contributed by atoms with E-state index in [9.17, 15) is 9.59 Å². The number of hydrogen-bond donors (Lipinski definition) is 3. The first kappa shape index (κ1) is 22.2. The highest BCUT2D eigenvalue weighted by atomic mass is 32.2. The Kier molecular flexibility index (Phi) is 6.31. The lowest BCUT2D eigenvalue weighted by Crippen LogP contribution is -2.40. The number of carbonyl (C=O) groups is 2. The largest absolute Gasteiger partial charge is 0.454 e. The van der Waals surface area contributed by atoms with Crippen LogP contribution in [0.1, 0.15) is 27.0 Å². The molecule has 0 unspecified atom stereocenters. The van der Waals surface area contributed by atoms with Gasteiger partial charge in [-0.15, -0.1) is 0 Å². The standard InChI is InChI=1S/C26H25N3O4S/c1-16-4-2-3-5-19(16)13-34-14-22-26(31)29-21-11-18(7-8-20(21)28-22)25(30)27-12-17-6-9-23-24(10-17)33-15-32-23/h2-11,22,28H,12-15H2,1H3,(H,27,30)(H,29,31)/t22-/m0/s1. The lowest BCUT2D eigenvalue weighted by atomic mass is 10.1. The fourth-order valence-electron chi connectivity index (χ4n) is 3.90. The van der Waals surface area contributed by atoms with Gasteiger partial charge >= 0.3 is 0 Å². The first-order chi connectivity index (χ1) is 16.6. The van der Waals surface area contributed by atoms with Crippen molar-refractivity contribution in [2.45, 2.75) is 25.3 Å². The van der Waals surface area contributed by atoms with Gasteiger partial charge < -0.3 is 25.4 Å². The molecule has 0 saturated heterocycles. The van der Waals surface area contributed by atoms with Crippen molar-refractivity contribution in [3.63, 3.8) is 0 Å². The number of thioether (sulfide) groups is 1. The maximum atomic E-state index is 12.7. The van der Waals surface area contributed by atoms with Crippen molar-refractivity contribution in [2.75, 3.05) is 23.2 Å². The van der Waals surface area contributed by atoms with Crippen LogP contribution in [0, 0.1) is 6.92 Å². The normalized spacial score (nSPS) is 15.8. The SMILES string of the molecule is Cc1ccccc1CSC[C@@H]1Nc2ccc(C(=O)NCc3ccc4c(c3)OCO4)cc2NC1=O. The molecule has 174 valence electrons. The van der Waals surface area contributed by atoms with Crippen molar-refractivity contribution >= 4 is 35.0 Å². The van der Waals surface area contributed by atoms with Crippen LogP contribution >= 0.6 is 11.8 Å². The summed E-state index contributed by atoms with van der Waals surface area (Å²) in [5.74, 6) is 2.58. The third-order valence-electron chi connectivity index (χ3n) is 5.88. The molecule has 0 bridgehead atoms. The number of carbonyl (C=O) groups excluding carboxylic acids is 2. The monoisotopic (exact) mass is 475 g/mol. The van der Waals surface area contributed by atoms with Crippen LogP contribution in [0.3, 0.4) is 0 Å². The molecule has 0 radical (unpaired) electrons. The molecule has 0 aromatic heterocycles. The molecule has 1 atom stereocenters. The molecule has 0 saturated carbocycles. The molecule has 2 aliphatic heterocycles. The number of rotatable bonds is 7. The average Bonchev–Trinajstić information content (AvgIpc) is 3.31. The summed E-state index contributed by atoms with van der Waals surface area (Å²) in [5.41, 5.74) is 5.35. The first-order valence-electron chi connectivity index (χ1n) is 11.1. The third-order valence-corrected chi connectivity index (χ3v) is 6.96. The van der Waals surface area contributed by atoms with Gasteiger partial charge in [0.15, 0.2) is 11.5 Å². The van der Waals surface area contributed by atoms with E-state index in [0.29, 0.717) is 35.0 Å². The highest BCUT2D eigenvalue weighted by Gasteiger charge is 2.26. The zero-order valence-corrected chi connectivity index (χ0v) is 19.5. The minimum absolute atomic E-state index is 0.0947. The average molecular weight is 476 g/mol. The highest BCUT2D eigenvalue weighted by molar-refractivity contribution is 7.98. The lowest BCUT2D eigenvalue weighted by molar-refractivity contribution is -0.116. The van der Waals surface area contributed by atoms with E-state index in [0.717, 1.165) is 17.0 Å². The van der Waals surface area contributed by atoms with E-state index in [1.54, 1.807) is 23.9 Å². The Balaban J connectivity index is 1.17. The van der Waals surface area contributed by atoms with Gasteiger partial charge in [-0.2, -0.15) is 11.8 Å². The Morgan fingerprint density at radius 1 is 1.06 bits per heavy atom. The molecule has 0 spiro atoms. The van der Waals surface area contributed by atoms with Crippen LogP contribution in [-0.2, 0) is 17.1 Å². The summed E-state index contributed by atoms with van der Waals surface area (Å²) in [4.78, 5) is 25.3. The predicted molar refractivity (Wildman–Crippen MR) is 134 cm³/mol. The number of benzene rings is 3. The molecule has 3 aromatic carbocycles. The van der Waals surface area contributed by atoms with Crippen molar-refractivity contribution in [3.05, 3.63) is 82.9 Å². The number of hydrogen-bond acceptors (Lipinski definition) is 6. The number of ether oxygens (including phenoxy) is 2. The molecule has 3 aromatic rings. The van der Waals surface area contributed by atoms with Gasteiger partial charge in [0, 0.05) is 23.6 Å². The molecule has 2 aliphatic rings. The van der Waals surface area contributed by atoms with Gasteiger partial charge in [-0.05, 0) is 53.9 Å². The van der Waals surface area contributed by atoms with Crippen LogP contribution in [0.4, 0.5) is 11.4 Å². The zero-order valence-electron chi connectivity index (χ0n) is 18.7. The maximum absolute atomic E-state index is 12.7. The van der Waals surface area contributed by atoms with Gasteiger partial charge in [-0.3, -0.25) is 9.59 Å².